The number of hydrogen-bond acceptors (Lipinski definition) is 5. The molecule has 5 N–H and O–H groups in total. The number of hydrogen-bond donors (Lipinski definition) is 3. The van der Waals surface area contributed by atoms with Crippen LogP contribution in [0.25, 0.3) is 0 Å². The van der Waals surface area contributed by atoms with Crippen LogP contribution in [0.5, 0.6) is 0 Å². The number of carbonyl (C=O) groups is 1. The van der Waals surface area contributed by atoms with Crippen molar-refractivity contribution in [2.45, 2.75) is 39.7 Å². The Kier molecular flexibility index (Phi) is 4.41. The van der Waals surface area contributed by atoms with Crippen LogP contribution in [0.3, 0.4) is 0 Å². The molecule has 0 radical (unpaired) electrons. The molecule has 0 saturated heterocycles. The van der Waals surface area contributed by atoms with Gasteiger partial charge in [0.25, 0.3) is 0 Å². The minimum Gasteiger partial charge on any atom is -0.389 e. The molecular formula is C12H19N5OS. The number of nitrogens with zero attached hydrogens (tertiary/aromatic N) is 2. The molecule has 1 amide bonds. The number of aromatic nitrogens is 2. The highest BCUT2D eigenvalue weighted by atomic mass is 32.1. The molecule has 0 spiro atoms. The number of nitrogens with one attached hydrogen (secondary N) is 1. The molecule has 0 saturated carbocycles. The maximum absolute atomic E-state index is 11.0. The van der Waals surface area contributed by atoms with E-state index in [1.165, 1.54) is 0 Å². The van der Waals surface area contributed by atoms with Gasteiger partial charge in [-0.1, -0.05) is 12.2 Å². The number of thiocarbonyl (C=S) groups is 1. The zero-order valence-corrected chi connectivity index (χ0v) is 12.4. The number of nitrogens with two attached hydrogens (primary N) is 2. The van der Waals surface area contributed by atoms with Gasteiger partial charge in [0.15, 0.2) is 5.82 Å². The van der Waals surface area contributed by atoms with E-state index in [1.807, 2.05) is 27.7 Å². The van der Waals surface area contributed by atoms with Crippen molar-refractivity contribution in [2.24, 2.45) is 11.5 Å². The first-order valence-electron chi connectivity index (χ1n) is 5.84. The lowest BCUT2D eigenvalue weighted by Gasteiger charge is -2.26. The molecule has 0 atom stereocenters. The molecule has 1 heterocycles. The Bertz CT molecular complexity index is 527. The summed E-state index contributed by atoms with van der Waals surface area (Å²) in [5, 5.41) is 11.2. The average molecular weight is 281 g/mol. The fourth-order valence-electron chi connectivity index (χ4n) is 1.80. The molecule has 0 unspecified atom stereocenters. The largest absolute Gasteiger partial charge is 0.389 e. The van der Waals surface area contributed by atoms with Gasteiger partial charge in [-0.25, -0.2) is 0 Å². The first-order chi connectivity index (χ1) is 8.64. The molecule has 7 heteroatoms. The van der Waals surface area contributed by atoms with Crippen LogP contribution in [-0.4, -0.2) is 26.6 Å². The molecule has 1 aromatic heterocycles. The summed E-state index contributed by atoms with van der Waals surface area (Å²) in [6, 6.07) is 0. The molecule has 19 heavy (non-hydrogen) atoms. The van der Waals surface area contributed by atoms with Crippen LogP contribution in [0.4, 0.5) is 5.82 Å². The Morgan fingerprint density at radius 1 is 1.32 bits per heavy atom. The number of rotatable bonds is 5. The Labute approximate surface area is 118 Å². The highest BCUT2D eigenvalue weighted by Crippen LogP contribution is 2.23. The van der Waals surface area contributed by atoms with Crippen molar-refractivity contribution in [1.82, 2.24) is 10.2 Å². The molecule has 0 fully saturated rings. The number of anilines is 1. The third kappa shape index (κ3) is 3.85. The summed E-state index contributed by atoms with van der Waals surface area (Å²) < 4.78 is 0. The predicted octanol–water partition coefficient (Wildman–Crippen LogP) is 0.794. The number of amides is 1. The second-order valence-corrected chi connectivity index (χ2v) is 5.59. The highest BCUT2D eigenvalue weighted by molar-refractivity contribution is 7.80. The summed E-state index contributed by atoms with van der Waals surface area (Å²) in [6.07, 6.45) is 0.165. The van der Waals surface area contributed by atoms with Crippen LogP contribution in [-0.2, 0) is 4.79 Å². The van der Waals surface area contributed by atoms with Crippen molar-refractivity contribution >= 4 is 28.9 Å². The Morgan fingerprint density at radius 3 is 2.37 bits per heavy atom. The van der Waals surface area contributed by atoms with Gasteiger partial charge in [-0.2, -0.15) is 5.10 Å². The van der Waals surface area contributed by atoms with Crippen LogP contribution < -0.4 is 16.8 Å². The number of carbonyl (C=O) groups excluding carboxylic acids is 1. The van der Waals surface area contributed by atoms with Crippen molar-refractivity contribution in [3.05, 3.63) is 16.8 Å². The van der Waals surface area contributed by atoms with Gasteiger partial charge in [0.05, 0.1) is 11.3 Å². The molecule has 0 bridgehead atoms. The van der Waals surface area contributed by atoms with Gasteiger partial charge in [-0.05, 0) is 33.3 Å². The van der Waals surface area contributed by atoms with E-state index < -0.39 is 11.4 Å². The van der Waals surface area contributed by atoms with Crippen LogP contribution in [0.1, 0.15) is 37.1 Å². The van der Waals surface area contributed by atoms with Crippen LogP contribution >= 0.6 is 12.2 Å². The fraction of sp³-hybridized carbons (Fsp3) is 0.500. The minimum atomic E-state index is -0.554. The molecule has 0 aliphatic heterocycles. The Balaban J connectivity index is 3.18. The van der Waals surface area contributed by atoms with Crippen LogP contribution in [0.2, 0.25) is 0 Å². The Morgan fingerprint density at radius 2 is 1.89 bits per heavy atom. The van der Waals surface area contributed by atoms with E-state index in [1.54, 1.807) is 0 Å². The van der Waals surface area contributed by atoms with E-state index in [9.17, 15) is 4.79 Å². The molecule has 1 rings (SSSR count). The summed E-state index contributed by atoms with van der Waals surface area (Å²) in [6.45, 7) is 7.41. The van der Waals surface area contributed by atoms with Crippen molar-refractivity contribution in [2.75, 3.05) is 5.32 Å². The quantitative estimate of drug-likeness (QED) is 0.689. The maximum Gasteiger partial charge on any atom is 0.219 e. The van der Waals surface area contributed by atoms with E-state index in [4.69, 9.17) is 23.7 Å². The standard InChI is InChI=1S/C12H19N5OS/c1-6-7(2)16-17-11(9(6)10(14)19)15-12(3,4)5-8(13)18/h5H2,1-4H3,(H2,13,18)(H2,14,19)(H,15,17). The lowest BCUT2D eigenvalue weighted by Crippen LogP contribution is -2.37. The molecule has 1 aromatic rings. The summed E-state index contributed by atoms with van der Waals surface area (Å²) in [7, 11) is 0. The normalized spacial score (nSPS) is 11.2. The number of primary amides is 1. The first-order valence-corrected chi connectivity index (χ1v) is 6.25. The van der Waals surface area contributed by atoms with Gasteiger partial charge in [0.2, 0.25) is 5.91 Å². The molecule has 0 aromatic carbocycles. The average Bonchev–Trinajstić information content (AvgIpc) is 2.20. The lowest BCUT2D eigenvalue weighted by molar-refractivity contribution is -0.118. The lowest BCUT2D eigenvalue weighted by atomic mass is 9.99. The van der Waals surface area contributed by atoms with Crippen LogP contribution in [0.15, 0.2) is 0 Å². The van der Waals surface area contributed by atoms with E-state index in [0.717, 1.165) is 11.3 Å². The van der Waals surface area contributed by atoms with Gasteiger partial charge < -0.3 is 16.8 Å². The second-order valence-electron chi connectivity index (χ2n) is 5.15. The predicted molar refractivity (Wildman–Crippen MR) is 78.9 cm³/mol. The van der Waals surface area contributed by atoms with Gasteiger partial charge in [0.1, 0.15) is 4.99 Å². The second kappa shape index (κ2) is 5.48. The van der Waals surface area contributed by atoms with Crippen molar-refractivity contribution in [3.8, 4) is 0 Å². The van der Waals surface area contributed by atoms with E-state index in [0.29, 0.717) is 11.4 Å². The van der Waals surface area contributed by atoms with Crippen molar-refractivity contribution in [3.63, 3.8) is 0 Å². The molecule has 0 aliphatic carbocycles. The SMILES string of the molecule is Cc1nnc(NC(C)(C)CC(N)=O)c(C(N)=S)c1C. The third-order valence-corrected chi connectivity index (χ3v) is 2.98. The van der Waals surface area contributed by atoms with Crippen LogP contribution in [0, 0.1) is 13.8 Å². The first kappa shape index (κ1) is 15.3. The number of aryl methyl sites for hydroxylation is 1. The van der Waals surface area contributed by atoms with Crippen molar-refractivity contribution in [1.29, 1.82) is 0 Å². The van der Waals surface area contributed by atoms with Gasteiger partial charge in [0, 0.05) is 12.0 Å². The summed E-state index contributed by atoms with van der Waals surface area (Å²) in [4.78, 5) is 11.3. The molecule has 0 aliphatic rings. The smallest absolute Gasteiger partial charge is 0.219 e. The van der Waals surface area contributed by atoms with E-state index >= 15 is 0 Å². The summed E-state index contributed by atoms with van der Waals surface area (Å²) >= 11 is 5.05. The zero-order valence-electron chi connectivity index (χ0n) is 11.6. The maximum atomic E-state index is 11.0. The van der Waals surface area contributed by atoms with Gasteiger partial charge in [-0.15, -0.1) is 5.10 Å². The molecule has 104 valence electrons. The fourth-order valence-corrected chi connectivity index (χ4v) is 2.05. The zero-order chi connectivity index (χ0) is 14.8. The van der Waals surface area contributed by atoms with E-state index in [-0.39, 0.29) is 11.4 Å². The summed E-state index contributed by atoms with van der Waals surface area (Å²) in [5.41, 5.74) is 12.7. The molecule has 6 nitrogen and oxygen atoms in total. The monoisotopic (exact) mass is 281 g/mol. The summed E-state index contributed by atoms with van der Waals surface area (Å²) in [5.74, 6) is 0.0769. The van der Waals surface area contributed by atoms with Gasteiger partial charge in [-0.3, -0.25) is 4.79 Å². The van der Waals surface area contributed by atoms with Crippen molar-refractivity contribution < 1.29 is 4.79 Å². The van der Waals surface area contributed by atoms with Gasteiger partial charge >= 0.3 is 0 Å². The Hall–Kier alpha value is -1.76. The molecular weight excluding hydrogens is 262 g/mol. The third-order valence-electron chi connectivity index (χ3n) is 2.77. The minimum absolute atomic E-state index is 0.165. The topological polar surface area (TPSA) is 107 Å². The van der Waals surface area contributed by atoms with E-state index in [2.05, 4.69) is 15.5 Å². The highest BCUT2D eigenvalue weighted by Gasteiger charge is 2.24.